The summed E-state index contributed by atoms with van der Waals surface area (Å²) in [6.07, 6.45) is -0.303. The van der Waals surface area contributed by atoms with Crippen molar-refractivity contribution in [3.63, 3.8) is 0 Å². The Kier molecular flexibility index (Phi) is 12.2. The number of hydrogen-bond donors (Lipinski definition) is 2. The molecule has 0 radical (unpaired) electrons. The van der Waals surface area contributed by atoms with E-state index in [0.29, 0.717) is 58.5 Å². The van der Waals surface area contributed by atoms with Crippen LogP contribution in [0.2, 0.25) is 0 Å². The number of carbonyl (C=O) groups excluding carboxylic acids is 1. The highest BCUT2D eigenvalue weighted by atomic mass is 16.5. The molecule has 266 valence electrons. The van der Waals surface area contributed by atoms with E-state index in [0.717, 1.165) is 11.1 Å². The molecular formula is C38H41N5O8. The molecule has 13 nitrogen and oxygen atoms in total. The van der Waals surface area contributed by atoms with Gasteiger partial charge in [0.25, 0.3) is 5.91 Å². The SMILES string of the molecule is COc1cccc([C@H]2OC(c3ccc(OCCCO)cc3)=N[C@@]2(Cc2ccccc2CN=[N+]=[N-])C(=O)NCc2c(OC)cc(OC)cc2OC)c1. The third-order valence-electron chi connectivity index (χ3n) is 8.55. The molecule has 1 aliphatic heterocycles. The van der Waals surface area contributed by atoms with Crippen molar-refractivity contribution in [2.75, 3.05) is 41.7 Å². The maximum atomic E-state index is 15.0. The van der Waals surface area contributed by atoms with Crippen molar-refractivity contribution in [2.45, 2.75) is 37.6 Å². The van der Waals surface area contributed by atoms with Crippen molar-refractivity contribution < 1.29 is 38.3 Å². The molecular weight excluding hydrogens is 654 g/mol. The fraction of sp³-hybridized carbons (Fsp3) is 0.316. The Balaban J connectivity index is 1.64. The van der Waals surface area contributed by atoms with E-state index < -0.39 is 17.6 Å². The van der Waals surface area contributed by atoms with Gasteiger partial charge in [-0.3, -0.25) is 4.79 Å². The van der Waals surface area contributed by atoms with Gasteiger partial charge in [-0.2, -0.15) is 0 Å². The average molecular weight is 696 g/mol. The molecule has 1 aliphatic rings. The summed E-state index contributed by atoms with van der Waals surface area (Å²) in [7, 11) is 6.18. The lowest BCUT2D eigenvalue weighted by molar-refractivity contribution is -0.129. The average Bonchev–Trinajstić information content (AvgIpc) is 3.57. The van der Waals surface area contributed by atoms with E-state index in [1.807, 2.05) is 60.7 Å². The van der Waals surface area contributed by atoms with Gasteiger partial charge in [0.15, 0.2) is 11.6 Å². The number of azide groups is 1. The zero-order valence-corrected chi connectivity index (χ0v) is 29.0. The first kappa shape index (κ1) is 36.4. The molecule has 0 saturated heterocycles. The van der Waals surface area contributed by atoms with Gasteiger partial charge < -0.3 is 38.8 Å². The highest BCUT2D eigenvalue weighted by Gasteiger charge is 2.53. The second-order valence-corrected chi connectivity index (χ2v) is 11.6. The molecule has 0 spiro atoms. The monoisotopic (exact) mass is 695 g/mol. The van der Waals surface area contributed by atoms with Crippen LogP contribution in [-0.2, 0) is 29.0 Å². The fourth-order valence-corrected chi connectivity index (χ4v) is 5.94. The quantitative estimate of drug-likeness (QED) is 0.0578. The van der Waals surface area contributed by atoms with E-state index >= 15 is 0 Å². The zero-order chi connectivity index (χ0) is 36.2. The predicted octanol–water partition coefficient (Wildman–Crippen LogP) is 6.11. The molecule has 51 heavy (non-hydrogen) atoms. The number of amides is 1. The van der Waals surface area contributed by atoms with E-state index in [9.17, 15) is 4.79 Å². The summed E-state index contributed by atoms with van der Waals surface area (Å²) in [6, 6.07) is 25.4. The van der Waals surface area contributed by atoms with Crippen molar-refractivity contribution in [3.8, 4) is 28.7 Å². The van der Waals surface area contributed by atoms with Crippen molar-refractivity contribution >= 4 is 11.8 Å². The summed E-state index contributed by atoms with van der Waals surface area (Å²) >= 11 is 0. The second-order valence-electron chi connectivity index (χ2n) is 11.6. The van der Waals surface area contributed by atoms with Crippen LogP contribution in [0.1, 0.15) is 40.3 Å². The molecule has 5 rings (SSSR count). The Morgan fingerprint density at radius 2 is 1.61 bits per heavy atom. The lowest BCUT2D eigenvalue weighted by atomic mass is 9.80. The highest BCUT2D eigenvalue weighted by molar-refractivity contribution is 6.01. The largest absolute Gasteiger partial charge is 0.497 e. The van der Waals surface area contributed by atoms with Gasteiger partial charge in [-0.05, 0) is 58.6 Å². The Labute approximate surface area is 296 Å². The minimum atomic E-state index is -1.56. The Hall–Kier alpha value is -5.91. The predicted molar refractivity (Wildman–Crippen MR) is 191 cm³/mol. The summed E-state index contributed by atoms with van der Waals surface area (Å²) in [6.45, 7) is 0.520. The van der Waals surface area contributed by atoms with E-state index in [-0.39, 0.29) is 32.0 Å². The summed E-state index contributed by atoms with van der Waals surface area (Å²) in [4.78, 5) is 23.0. The third-order valence-corrected chi connectivity index (χ3v) is 8.55. The van der Waals surface area contributed by atoms with Crippen LogP contribution in [0.15, 0.2) is 95.0 Å². The van der Waals surface area contributed by atoms with Crippen LogP contribution in [0.5, 0.6) is 28.7 Å². The van der Waals surface area contributed by atoms with Crippen LogP contribution in [-0.4, -0.2) is 64.1 Å². The summed E-state index contributed by atoms with van der Waals surface area (Å²) < 4.78 is 34.7. The van der Waals surface area contributed by atoms with Gasteiger partial charge in [0.2, 0.25) is 5.90 Å². The van der Waals surface area contributed by atoms with Gasteiger partial charge in [0, 0.05) is 42.1 Å². The third kappa shape index (κ3) is 8.29. The number of nitrogens with one attached hydrogen (secondary N) is 1. The van der Waals surface area contributed by atoms with Gasteiger partial charge in [-0.15, -0.1) is 0 Å². The number of methoxy groups -OCH3 is 4. The van der Waals surface area contributed by atoms with Crippen LogP contribution in [0.4, 0.5) is 0 Å². The zero-order valence-electron chi connectivity index (χ0n) is 29.0. The van der Waals surface area contributed by atoms with Crippen molar-refractivity contribution in [1.82, 2.24) is 5.32 Å². The smallest absolute Gasteiger partial charge is 0.252 e. The summed E-state index contributed by atoms with van der Waals surface area (Å²) in [5.41, 5.74) is 11.0. The molecule has 0 fully saturated rings. The molecule has 1 amide bonds. The standard InChI is InChI=1S/C38H41N5O8/c1-46-30-12-7-11-26(19-30)35-38(22-27-9-5-6-10-28(27)23-41-43-39,42-36(51-35)25-13-15-29(16-14-25)50-18-8-17-44)37(45)40-24-32-33(48-3)20-31(47-2)21-34(32)49-4/h5-7,9-16,19-21,35,44H,8,17-18,22-24H2,1-4H3,(H,40,45)/t35-,38-/m1/s1. The lowest BCUT2D eigenvalue weighted by Gasteiger charge is -2.31. The van der Waals surface area contributed by atoms with Crippen LogP contribution in [0.25, 0.3) is 10.4 Å². The number of benzene rings is 4. The summed E-state index contributed by atoms with van der Waals surface area (Å²) in [5, 5.41) is 16.0. The molecule has 1 heterocycles. The minimum absolute atomic E-state index is 0.0303. The van der Waals surface area contributed by atoms with Crippen LogP contribution < -0.4 is 29.0 Å². The number of aliphatic imine (C=N–C) groups is 1. The number of aliphatic hydroxyl groups is 1. The van der Waals surface area contributed by atoms with E-state index in [1.165, 1.54) is 14.2 Å². The number of rotatable bonds is 17. The topological polar surface area (TPSA) is 166 Å². The highest BCUT2D eigenvalue weighted by Crippen LogP contribution is 2.44. The van der Waals surface area contributed by atoms with E-state index in [4.69, 9.17) is 44.1 Å². The van der Waals surface area contributed by atoms with Crippen molar-refractivity contribution in [3.05, 3.63) is 123 Å². The van der Waals surface area contributed by atoms with Gasteiger partial charge in [-0.1, -0.05) is 41.5 Å². The molecule has 0 aromatic heterocycles. The Morgan fingerprint density at radius 1 is 0.902 bits per heavy atom. The van der Waals surface area contributed by atoms with Crippen LogP contribution in [0, 0.1) is 0 Å². The van der Waals surface area contributed by atoms with E-state index in [1.54, 1.807) is 38.5 Å². The number of aliphatic hydroxyl groups excluding tert-OH is 1. The number of ether oxygens (including phenoxy) is 6. The Morgan fingerprint density at radius 3 is 2.25 bits per heavy atom. The first-order valence-electron chi connectivity index (χ1n) is 16.3. The number of nitrogens with zero attached hydrogens (tertiary/aromatic N) is 4. The van der Waals surface area contributed by atoms with Crippen molar-refractivity contribution in [2.24, 2.45) is 10.1 Å². The van der Waals surface area contributed by atoms with Crippen LogP contribution >= 0.6 is 0 Å². The van der Waals surface area contributed by atoms with Crippen LogP contribution in [0.3, 0.4) is 0 Å². The number of hydrogen-bond acceptors (Lipinski definition) is 10. The lowest BCUT2D eigenvalue weighted by Crippen LogP contribution is -2.50. The first-order chi connectivity index (χ1) is 24.9. The maximum Gasteiger partial charge on any atom is 0.252 e. The minimum Gasteiger partial charge on any atom is -0.497 e. The molecule has 4 aromatic rings. The molecule has 13 heteroatoms. The van der Waals surface area contributed by atoms with Gasteiger partial charge in [-0.25, -0.2) is 4.99 Å². The van der Waals surface area contributed by atoms with Gasteiger partial charge in [0.1, 0.15) is 28.7 Å². The molecule has 4 aromatic carbocycles. The molecule has 2 N–H and O–H groups in total. The molecule has 0 saturated carbocycles. The molecule has 0 aliphatic carbocycles. The van der Waals surface area contributed by atoms with Gasteiger partial charge >= 0.3 is 0 Å². The normalized spacial score (nSPS) is 16.3. The molecule has 0 bridgehead atoms. The number of carbonyl (C=O) groups is 1. The fourth-order valence-electron chi connectivity index (χ4n) is 5.94. The van der Waals surface area contributed by atoms with Crippen molar-refractivity contribution in [1.29, 1.82) is 0 Å². The maximum absolute atomic E-state index is 15.0. The Bertz CT molecular complexity index is 1870. The summed E-state index contributed by atoms with van der Waals surface area (Å²) in [5.74, 6) is 2.51. The molecule has 2 atom stereocenters. The van der Waals surface area contributed by atoms with Gasteiger partial charge in [0.05, 0.1) is 53.7 Å². The first-order valence-corrected chi connectivity index (χ1v) is 16.3. The molecule has 0 unspecified atom stereocenters. The second kappa shape index (κ2) is 17.1. The van der Waals surface area contributed by atoms with E-state index in [2.05, 4.69) is 15.3 Å².